The first-order valence-corrected chi connectivity index (χ1v) is 4.40. The van der Waals surface area contributed by atoms with Gasteiger partial charge in [0.1, 0.15) is 12.2 Å². The molecule has 0 unspecified atom stereocenters. The van der Waals surface area contributed by atoms with Crippen LogP contribution >= 0.6 is 0 Å². The summed E-state index contributed by atoms with van der Waals surface area (Å²) in [6.45, 7) is 1.52. The summed E-state index contributed by atoms with van der Waals surface area (Å²) in [6.07, 6.45) is 1.52. The Labute approximate surface area is 87.4 Å². The van der Waals surface area contributed by atoms with Crippen molar-refractivity contribution in [2.45, 2.75) is 6.92 Å². The molecule has 1 amide bonds. The van der Waals surface area contributed by atoms with Crippen LogP contribution in [-0.4, -0.2) is 40.5 Å². The zero-order valence-corrected chi connectivity index (χ0v) is 8.60. The predicted molar refractivity (Wildman–Crippen MR) is 53.6 cm³/mol. The third kappa shape index (κ3) is 3.05. The minimum Gasteiger partial charge on any atom is -0.480 e. The summed E-state index contributed by atoms with van der Waals surface area (Å²) in [4.78, 5) is 27.0. The first kappa shape index (κ1) is 11.2. The molecule has 0 atom stereocenters. The molecule has 15 heavy (non-hydrogen) atoms. The maximum atomic E-state index is 11.6. The van der Waals surface area contributed by atoms with Gasteiger partial charge in [-0.25, -0.2) is 0 Å². The molecule has 0 radical (unpaired) electrons. The van der Waals surface area contributed by atoms with E-state index < -0.39 is 5.97 Å². The minimum absolute atomic E-state index is 0.263. The van der Waals surface area contributed by atoms with E-state index in [1.54, 1.807) is 12.1 Å². The number of hydrogen-bond donors (Lipinski definition) is 1. The maximum Gasteiger partial charge on any atom is 0.323 e. The fraction of sp³-hybridized carbons (Fsp3) is 0.300. The van der Waals surface area contributed by atoms with Gasteiger partial charge in [0.15, 0.2) is 0 Å². The Bertz CT molecular complexity index is 390. The summed E-state index contributed by atoms with van der Waals surface area (Å²) in [6, 6.07) is 3.40. The van der Waals surface area contributed by atoms with Crippen LogP contribution in [0.15, 0.2) is 18.3 Å². The van der Waals surface area contributed by atoms with Crippen molar-refractivity contribution < 1.29 is 14.7 Å². The van der Waals surface area contributed by atoms with Crippen molar-refractivity contribution in [2.75, 3.05) is 13.6 Å². The largest absolute Gasteiger partial charge is 0.480 e. The van der Waals surface area contributed by atoms with Crippen molar-refractivity contribution in [2.24, 2.45) is 0 Å². The molecule has 0 saturated heterocycles. The number of aromatic nitrogens is 1. The van der Waals surface area contributed by atoms with Crippen LogP contribution in [0.1, 0.15) is 16.1 Å². The molecule has 1 heterocycles. The van der Waals surface area contributed by atoms with Crippen LogP contribution in [-0.2, 0) is 4.79 Å². The van der Waals surface area contributed by atoms with Crippen molar-refractivity contribution in [3.63, 3.8) is 0 Å². The van der Waals surface area contributed by atoms with Crippen LogP contribution in [0.25, 0.3) is 0 Å². The van der Waals surface area contributed by atoms with Gasteiger partial charge in [-0.2, -0.15) is 0 Å². The number of carboxylic acids is 1. The van der Waals surface area contributed by atoms with Crippen molar-refractivity contribution >= 4 is 11.9 Å². The molecule has 0 spiro atoms. The highest BCUT2D eigenvalue weighted by Crippen LogP contribution is 2.02. The molecule has 80 valence electrons. The highest BCUT2D eigenvalue weighted by atomic mass is 16.4. The second-order valence-corrected chi connectivity index (χ2v) is 3.27. The van der Waals surface area contributed by atoms with Gasteiger partial charge in [-0.3, -0.25) is 14.6 Å². The summed E-state index contributed by atoms with van der Waals surface area (Å²) in [5.41, 5.74) is 1.18. The molecule has 0 aliphatic heterocycles. The molecular formula is C10H12N2O3. The fourth-order valence-corrected chi connectivity index (χ4v) is 1.12. The molecule has 0 aliphatic rings. The van der Waals surface area contributed by atoms with Crippen molar-refractivity contribution in [1.29, 1.82) is 0 Å². The van der Waals surface area contributed by atoms with Crippen LogP contribution in [0.5, 0.6) is 0 Å². The highest BCUT2D eigenvalue weighted by molar-refractivity contribution is 5.94. The van der Waals surface area contributed by atoms with E-state index in [4.69, 9.17) is 5.11 Å². The van der Waals surface area contributed by atoms with Gasteiger partial charge in [0, 0.05) is 13.2 Å². The Hall–Kier alpha value is -1.91. The molecule has 1 aromatic heterocycles. The number of hydrogen-bond acceptors (Lipinski definition) is 3. The number of amides is 1. The highest BCUT2D eigenvalue weighted by Gasteiger charge is 2.15. The molecule has 1 rings (SSSR count). The standard InChI is InChI=1S/C10H12N2O3/c1-7-3-4-11-8(5-7)10(15)12(2)6-9(13)14/h3-5H,6H2,1-2H3,(H,13,14). The number of carbonyl (C=O) groups excluding carboxylic acids is 1. The average Bonchev–Trinajstić information content (AvgIpc) is 2.15. The van der Waals surface area contributed by atoms with Gasteiger partial charge in [-0.1, -0.05) is 0 Å². The molecule has 0 aliphatic carbocycles. The maximum absolute atomic E-state index is 11.6. The summed E-state index contributed by atoms with van der Waals surface area (Å²) in [7, 11) is 1.43. The van der Waals surface area contributed by atoms with E-state index in [-0.39, 0.29) is 18.1 Å². The number of aliphatic carboxylic acids is 1. The molecule has 5 nitrogen and oxygen atoms in total. The molecule has 0 saturated carbocycles. The molecule has 1 aromatic rings. The van der Waals surface area contributed by atoms with E-state index in [2.05, 4.69) is 4.98 Å². The van der Waals surface area contributed by atoms with Crippen LogP contribution in [0.3, 0.4) is 0 Å². The number of carbonyl (C=O) groups is 2. The van der Waals surface area contributed by atoms with Gasteiger partial charge in [-0.15, -0.1) is 0 Å². The lowest BCUT2D eigenvalue weighted by molar-refractivity contribution is -0.137. The second kappa shape index (κ2) is 4.54. The number of nitrogens with zero attached hydrogens (tertiary/aromatic N) is 2. The summed E-state index contributed by atoms with van der Waals surface area (Å²) in [5.74, 6) is -1.43. The molecule has 0 aromatic carbocycles. The van der Waals surface area contributed by atoms with Crippen molar-refractivity contribution in [3.8, 4) is 0 Å². The van der Waals surface area contributed by atoms with Gasteiger partial charge >= 0.3 is 5.97 Å². The Morgan fingerprint density at radius 1 is 1.53 bits per heavy atom. The molecule has 5 heteroatoms. The van der Waals surface area contributed by atoms with Crippen LogP contribution in [0, 0.1) is 6.92 Å². The normalized spacial score (nSPS) is 9.73. The number of rotatable bonds is 3. The summed E-state index contributed by atoms with van der Waals surface area (Å²) < 4.78 is 0. The van der Waals surface area contributed by atoms with Crippen LogP contribution in [0.2, 0.25) is 0 Å². The summed E-state index contributed by atoms with van der Waals surface area (Å²) in [5, 5.41) is 8.52. The monoisotopic (exact) mass is 208 g/mol. The summed E-state index contributed by atoms with van der Waals surface area (Å²) >= 11 is 0. The van der Waals surface area contributed by atoms with Crippen molar-refractivity contribution in [3.05, 3.63) is 29.6 Å². The third-order valence-corrected chi connectivity index (χ3v) is 1.85. The molecule has 0 bridgehead atoms. The number of pyridine rings is 1. The average molecular weight is 208 g/mol. The van der Waals surface area contributed by atoms with Crippen LogP contribution < -0.4 is 0 Å². The smallest absolute Gasteiger partial charge is 0.323 e. The number of carboxylic acid groups (broad SMARTS) is 1. The Balaban J connectivity index is 2.80. The topological polar surface area (TPSA) is 70.5 Å². The van der Waals surface area contributed by atoms with Gasteiger partial charge in [0.05, 0.1) is 0 Å². The lowest BCUT2D eigenvalue weighted by atomic mass is 10.2. The van der Waals surface area contributed by atoms with E-state index >= 15 is 0 Å². The fourth-order valence-electron chi connectivity index (χ4n) is 1.12. The number of likely N-dealkylation sites (N-methyl/N-ethyl adjacent to an activating group) is 1. The van der Waals surface area contributed by atoms with Gasteiger partial charge in [0.2, 0.25) is 0 Å². The lowest BCUT2D eigenvalue weighted by Crippen LogP contribution is -2.32. The van der Waals surface area contributed by atoms with Crippen LogP contribution in [0.4, 0.5) is 0 Å². The van der Waals surface area contributed by atoms with Gasteiger partial charge < -0.3 is 10.0 Å². The van der Waals surface area contributed by atoms with Crippen molar-refractivity contribution in [1.82, 2.24) is 9.88 Å². The zero-order chi connectivity index (χ0) is 11.4. The van der Waals surface area contributed by atoms with E-state index in [0.29, 0.717) is 0 Å². The Morgan fingerprint density at radius 2 is 2.20 bits per heavy atom. The molecule has 1 N–H and O–H groups in total. The first-order valence-electron chi connectivity index (χ1n) is 4.40. The minimum atomic E-state index is -1.04. The van der Waals surface area contributed by atoms with E-state index in [1.165, 1.54) is 13.2 Å². The van der Waals surface area contributed by atoms with Gasteiger partial charge in [-0.05, 0) is 24.6 Å². The molecule has 0 fully saturated rings. The Morgan fingerprint density at radius 3 is 2.73 bits per heavy atom. The quantitative estimate of drug-likeness (QED) is 0.787. The van der Waals surface area contributed by atoms with E-state index in [9.17, 15) is 9.59 Å². The predicted octanol–water partition coefficient (Wildman–Crippen LogP) is 0.547. The second-order valence-electron chi connectivity index (χ2n) is 3.27. The third-order valence-electron chi connectivity index (χ3n) is 1.85. The Kier molecular flexibility index (Phi) is 3.38. The molecular weight excluding hydrogens is 196 g/mol. The van der Waals surface area contributed by atoms with E-state index in [1.807, 2.05) is 6.92 Å². The zero-order valence-electron chi connectivity index (χ0n) is 8.60. The van der Waals surface area contributed by atoms with Gasteiger partial charge in [0.25, 0.3) is 5.91 Å². The van der Waals surface area contributed by atoms with E-state index in [0.717, 1.165) is 10.5 Å². The number of aryl methyl sites for hydroxylation is 1. The lowest BCUT2D eigenvalue weighted by Gasteiger charge is -2.13. The first-order chi connectivity index (χ1) is 7.00. The SMILES string of the molecule is Cc1ccnc(C(=O)N(C)CC(=O)O)c1.